The Kier molecular flexibility index (Phi) is 1.74. The molecule has 1 aliphatic carbocycles. The second kappa shape index (κ2) is 2.29. The predicted molar refractivity (Wildman–Crippen MR) is 30.7 cm³/mol. The van der Waals surface area contributed by atoms with Crippen LogP contribution in [0.3, 0.4) is 0 Å². The molecule has 0 aliphatic heterocycles. The van der Waals surface area contributed by atoms with Crippen LogP contribution in [0.4, 0.5) is 8.78 Å². The van der Waals surface area contributed by atoms with Crippen molar-refractivity contribution in [2.24, 2.45) is 0 Å². The molecule has 0 aromatic carbocycles. The van der Waals surface area contributed by atoms with Gasteiger partial charge in [-0.25, -0.2) is 8.78 Å². The smallest absolute Gasteiger partial charge is 0.279 e. The van der Waals surface area contributed by atoms with Crippen LogP contribution in [-0.2, 0) is 0 Å². The summed E-state index contributed by atoms with van der Waals surface area (Å²) in [6.07, 6.45) is -1.54. The first-order valence-electron chi connectivity index (χ1n) is 2.94. The van der Waals surface area contributed by atoms with Crippen LogP contribution < -0.4 is 0 Å². The lowest BCUT2D eigenvalue weighted by atomic mass is 9.98. The maximum Gasteiger partial charge on any atom is 0.279 e. The summed E-state index contributed by atoms with van der Waals surface area (Å²) in [5.41, 5.74) is 0. The first-order valence-corrected chi connectivity index (χ1v) is 2.94. The average molecular weight is 150 g/mol. The quantitative estimate of drug-likeness (QED) is 0.488. The Bertz CT molecular complexity index is 156. The van der Waals surface area contributed by atoms with Crippen LogP contribution in [0.2, 0.25) is 0 Å². The second-order valence-corrected chi connectivity index (χ2v) is 2.33. The van der Waals surface area contributed by atoms with Gasteiger partial charge in [0.1, 0.15) is 12.2 Å². The Balaban J connectivity index is 2.75. The maximum atomic E-state index is 12.4. The summed E-state index contributed by atoms with van der Waals surface area (Å²) in [4.78, 5) is 0. The van der Waals surface area contributed by atoms with Crippen molar-refractivity contribution in [2.45, 2.75) is 24.6 Å². The predicted octanol–water partition coefficient (Wildman–Crippen LogP) is 0.303. The van der Waals surface area contributed by atoms with Crippen molar-refractivity contribution in [3.63, 3.8) is 0 Å². The molecular formula is C6H8F2O2. The number of aliphatic hydroxyl groups is 2. The third-order valence-corrected chi connectivity index (χ3v) is 1.48. The fourth-order valence-electron chi connectivity index (χ4n) is 0.840. The lowest BCUT2D eigenvalue weighted by Crippen LogP contribution is -2.43. The first-order chi connectivity index (χ1) is 4.54. The highest BCUT2D eigenvalue weighted by atomic mass is 19.3. The fourth-order valence-corrected chi connectivity index (χ4v) is 0.840. The summed E-state index contributed by atoms with van der Waals surface area (Å²) in [7, 11) is 0. The SMILES string of the molecule is O[C@@H]1[C@@H](O)C=CCC1(F)F. The van der Waals surface area contributed by atoms with Gasteiger partial charge in [-0.05, 0) is 0 Å². The standard InChI is InChI=1S/C6H8F2O2/c7-6(8)3-1-2-4(9)5(6)10/h1-2,4-5,9-10H,3H2/t4-,5+/m0/s1. The molecule has 1 aliphatic rings. The molecule has 2 N–H and O–H groups in total. The Morgan fingerprint density at radius 2 is 2.00 bits per heavy atom. The molecule has 2 nitrogen and oxygen atoms in total. The zero-order valence-corrected chi connectivity index (χ0v) is 5.17. The number of rotatable bonds is 0. The molecule has 0 saturated carbocycles. The Hall–Kier alpha value is -0.480. The van der Waals surface area contributed by atoms with Gasteiger partial charge in [0.2, 0.25) is 0 Å². The number of halogens is 2. The molecular weight excluding hydrogens is 142 g/mol. The van der Waals surface area contributed by atoms with Gasteiger partial charge in [0.25, 0.3) is 5.92 Å². The molecule has 0 saturated heterocycles. The maximum absolute atomic E-state index is 12.4. The molecule has 0 spiro atoms. The largest absolute Gasteiger partial charge is 0.386 e. The van der Waals surface area contributed by atoms with Gasteiger partial charge in [-0.1, -0.05) is 12.2 Å². The number of allylic oxidation sites excluding steroid dienone is 1. The van der Waals surface area contributed by atoms with Crippen LogP contribution in [0.1, 0.15) is 6.42 Å². The minimum atomic E-state index is -3.17. The van der Waals surface area contributed by atoms with Gasteiger partial charge in [0.05, 0.1) is 0 Å². The van der Waals surface area contributed by atoms with E-state index >= 15 is 0 Å². The van der Waals surface area contributed by atoms with E-state index in [2.05, 4.69) is 0 Å². The van der Waals surface area contributed by atoms with E-state index in [1.165, 1.54) is 6.08 Å². The lowest BCUT2D eigenvalue weighted by molar-refractivity contribution is -0.144. The van der Waals surface area contributed by atoms with Gasteiger partial charge in [-0.2, -0.15) is 0 Å². The first kappa shape index (κ1) is 7.63. The molecule has 0 heterocycles. The summed E-state index contributed by atoms with van der Waals surface area (Å²) >= 11 is 0. The minimum absolute atomic E-state index is 0.495. The molecule has 0 radical (unpaired) electrons. The Labute approximate surface area is 56.8 Å². The highest BCUT2D eigenvalue weighted by molar-refractivity contribution is 5.05. The fraction of sp³-hybridized carbons (Fsp3) is 0.667. The minimum Gasteiger partial charge on any atom is -0.386 e. The molecule has 0 aromatic heterocycles. The highest BCUT2D eigenvalue weighted by Crippen LogP contribution is 2.29. The van der Waals surface area contributed by atoms with Gasteiger partial charge < -0.3 is 10.2 Å². The number of hydrogen-bond donors (Lipinski definition) is 2. The molecule has 10 heavy (non-hydrogen) atoms. The molecule has 0 amide bonds. The van der Waals surface area contributed by atoms with Crippen LogP contribution in [-0.4, -0.2) is 28.3 Å². The van der Waals surface area contributed by atoms with Crippen LogP contribution in [0.5, 0.6) is 0 Å². The van der Waals surface area contributed by atoms with Gasteiger partial charge in [-0.3, -0.25) is 0 Å². The third kappa shape index (κ3) is 1.17. The zero-order valence-electron chi connectivity index (χ0n) is 5.17. The topological polar surface area (TPSA) is 40.5 Å². The van der Waals surface area contributed by atoms with E-state index in [4.69, 9.17) is 10.2 Å². The van der Waals surface area contributed by atoms with Crippen molar-refractivity contribution < 1.29 is 19.0 Å². The summed E-state index contributed by atoms with van der Waals surface area (Å²) in [6, 6.07) is 0. The van der Waals surface area contributed by atoms with Crippen LogP contribution in [0.15, 0.2) is 12.2 Å². The normalized spacial score (nSPS) is 38.0. The third-order valence-electron chi connectivity index (χ3n) is 1.48. The van der Waals surface area contributed by atoms with Crippen molar-refractivity contribution in [3.8, 4) is 0 Å². The number of aliphatic hydroxyl groups excluding tert-OH is 2. The molecule has 0 unspecified atom stereocenters. The Morgan fingerprint density at radius 1 is 1.40 bits per heavy atom. The lowest BCUT2D eigenvalue weighted by Gasteiger charge is -2.27. The number of hydrogen-bond acceptors (Lipinski definition) is 2. The van der Waals surface area contributed by atoms with Crippen molar-refractivity contribution in [1.29, 1.82) is 0 Å². The summed E-state index contributed by atoms with van der Waals surface area (Å²) in [5, 5.41) is 17.4. The summed E-state index contributed by atoms with van der Waals surface area (Å²) in [6.45, 7) is 0. The van der Waals surface area contributed by atoms with Crippen LogP contribution >= 0.6 is 0 Å². The molecule has 0 bridgehead atoms. The molecule has 0 aromatic rings. The van der Waals surface area contributed by atoms with Crippen molar-refractivity contribution in [3.05, 3.63) is 12.2 Å². The van der Waals surface area contributed by atoms with Gasteiger partial charge >= 0.3 is 0 Å². The van der Waals surface area contributed by atoms with Gasteiger partial charge in [0, 0.05) is 6.42 Å². The molecule has 4 heteroatoms. The summed E-state index contributed by atoms with van der Waals surface area (Å²) < 4.78 is 24.8. The second-order valence-electron chi connectivity index (χ2n) is 2.33. The van der Waals surface area contributed by atoms with E-state index in [1.807, 2.05) is 0 Å². The van der Waals surface area contributed by atoms with Crippen LogP contribution in [0.25, 0.3) is 0 Å². The highest BCUT2D eigenvalue weighted by Gasteiger charge is 2.43. The van der Waals surface area contributed by atoms with E-state index in [-0.39, 0.29) is 0 Å². The Morgan fingerprint density at radius 3 is 2.40 bits per heavy atom. The van der Waals surface area contributed by atoms with Gasteiger partial charge in [0.15, 0.2) is 0 Å². The van der Waals surface area contributed by atoms with E-state index in [0.717, 1.165) is 6.08 Å². The van der Waals surface area contributed by atoms with E-state index < -0.39 is 24.6 Å². The van der Waals surface area contributed by atoms with E-state index in [9.17, 15) is 8.78 Å². The van der Waals surface area contributed by atoms with Gasteiger partial charge in [-0.15, -0.1) is 0 Å². The average Bonchev–Trinajstić information content (AvgIpc) is 1.83. The molecule has 0 fully saturated rings. The molecule has 58 valence electrons. The van der Waals surface area contributed by atoms with Crippen LogP contribution in [0, 0.1) is 0 Å². The number of alkyl halides is 2. The summed E-state index contributed by atoms with van der Waals surface area (Å²) in [5.74, 6) is -3.17. The van der Waals surface area contributed by atoms with E-state index in [0.29, 0.717) is 0 Å². The van der Waals surface area contributed by atoms with Crippen molar-refractivity contribution in [2.75, 3.05) is 0 Å². The van der Waals surface area contributed by atoms with Crippen molar-refractivity contribution in [1.82, 2.24) is 0 Å². The van der Waals surface area contributed by atoms with E-state index in [1.54, 1.807) is 0 Å². The zero-order chi connectivity index (χ0) is 7.78. The monoisotopic (exact) mass is 150 g/mol. The van der Waals surface area contributed by atoms with Crippen molar-refractivity contribution >= 4 is 0 Å². The molecule has 1 rings (SSSR count). The molecule has 2 atom stereocenters.